The third kappa shape index (κ3) is 2.86. The van der Waals surface area contributed by atoms with Crippen molar-refractivity contribution in [3.63, 3.8) is 0 Å². The van der Waals surface area contributed by atoms with Crippen LogP contribution < -0.4 is 5.73 Å². The number of alkyl halides is 1. The Labute approximate surface area is 132 Å². The van der Waals surface area contributed by atoms with Crippen LogP contribution in [0.3, 0.4) is 0 Å². The van der Waals surface area contributed by atoms with Crippen LogP contribution in [0.1, 0.15) is 28.0 Å². The van der Waals surface area contributed by atoms with Gasteiger partial charge < -0.3 is 10.6 Å². The van der Waals surface area contributed by atoms with Gasteiger partial charge in [0.2, 0.25) is 5.95 Å². The van der Waals surface area contributed by atoms with Gasteiger partial charge in [0.15, 0.2) is 5.67 Å². The maximum Gasteiger partial charge on any atom is 0.257 e. The van der Waals surface area contributed by atoms with E-state index in [-0.39, 0.29) is 31.4 Å². The van der Waals surface area contributed by atoms with Gasteiger partial charge in [-0.05, 0) is 24.6 Å². The molecule has 1 aromatic heterocycles. The predicted octanol–water partition coefficient (Wildman–Crippen LogP) is 2.22. The summed E-state index contributed by atoms with van der Waals surface area (Å²) in [6.07, 6.45) is 1.52. The molecule has 0 spiro atoms. The maximum absolute atomic E-state index is 15.1. The third-order valence-corrected chi connectivity index (χ3v) is 4.10. The van der Waals surface area contributed by atoms with Gasteiger partial charge in [-0.3, -0.25) is 4.79 Å². The number of carbonyl (C=O) groups excluding carboxylic acids is 1. The summed E-state index contributed by atoms with van der Waals surface area (Å²) in [6, 6.07) is 5.28. The molecule has 1 aliphatic heterocycles. The number of nitrogen functional groups attached to an aromatic ring is 1. The fourth-order valence-corrected chi connectivity index (χ4v) is 2.80. The van der Waals surface area contributed by atoms with Gasteiger partial charge in [-0.15, -0.1) is 0 Å². The second-order valence-corrected chi connectivity index (χ2v) is 5.68. The van der Waals surface area contributed by atoms with Crippen molar-refractivity contribution in [1.29, 1.82) is 0 Å². The number of carbonyl (C=O) groups is 1. The lowest BCUT2D eigenvalue weighted by molar-refractivity contribution is 0.0749. The molecule has 2 aromatic rings. The Morgan fingerprint density at radius 2 is 2.04 bits per heavy atom. The zero-order valence-electron chi connectivity index (χ0n) is 12.6. The number of benzene rings is 1. The van der Waals surface area contributed by atoms with Crippen molar-refractivity contribution in [1.82, 2.24) is 14.9 Å². The number of likely N-dealkylation sites (tertiary alicyclic amines) is 1. The van der Waals surface area contributed by atoms with E-state index in [0.29, 0.717) is 16.8 Å². The SMILES string of the molecule is Cc1nc(N)ncc1C(=O)N1CCC(F)(c2ccc(F)cc2)C1. The van der Waals surface area contributed by atoms with Crippen LogP contribution in [0.15, 0.2) is 30.5 Å². The van der Waals surface area contributed by atoms with E-state index in [1.54, 1.807) is 6.92 Å². The molecular weight excluding hydrogens is 302 g/mol. The monoisotopic (exact) mass is 318 g/mol. The maximum atomic E-state index is 15.1. The van der Waals surface area contributed by atoms with E-state index in [1.807, 2.05) is 0 Å². The van der Waals surface area contributed by atoms with Crippen molar-refractivity contribution in [3.8, 4) is 0 Å². The van der Waals surface area contributed by atoms with Crippen LogP contribution in [0.2, 0.25) is 0 Å². The van der Waals surface area contributed by atoms with Gasteiger partial charge in [-0.25, -0.2) is 18.7 Å². The molecule has 1 aliphatic rings. The molecule has 2 heterocycles. The lowest BCUT2D eigenvalue weighted by Crippen LogP contribution is -2.33. The van der Waals surface area contributed by atoms with E-state index in [4.69, 9.17) is 5.73 Å². The number of hydrogen-bond donors (Lipinski definition) is 1. The summed E-state index contributed by atoms with van der Waals surface area (Å²) in [4.78, 5) is 21.7. The Kier molecular flexibility index (Phi) is 3.71. The molecule has 7 heteroatoms. The highest BCUT2D eigenvalue weighted by molar-refractivity contribution is 5.95. The minimum atomic E-state index is -1.67. The van der Waals surface area contributed by atoms with Crippen molar-refractivity contribution < 1.29 is 13.6 Å². The second-order valence-electron chi connectivity index (χ2n) is 5.68. The first-order chi connectivity index (χ1) is 10.9. The fraction of sp³-hybridized carbons (Fsp3) is 0.312. The van der Waals surface area contributed by atoms with E-state index in [1.165, 1.54) is 35.4 Å². The average Bonchev–Trinajstić information content (AvgIpc) is 2.91. The molecule has 5 nitrogen and oxygen atoms in total. The van der Waals surface area contributed by atoms with Crippen LogP contribution >= 0.6 is 0 Å². The van der Waals surface area contributed by atoms with Gasteiger partial charge >= 0.3 is 0 Å². The van der Waals surface area contributed by atoms with Crippen LogP contribution in [0, 0.1) is 12.7 Å². The van der Waals surface area contributed by atoms with Crippen molar-refractivity contribution in [2.75, 3.05) is 18.8 Å². The quantitative estimate of drug-likeness (QED) is 0.921. The van der Waals surface area contributed by atoms with Crippen LogP contribution in [0.4, 0.5) is 14.7 Å². The molecule has 1 saturated heterocycles. The predicted molar refractivity (Wildman–Crippen MR) is 80.9 cm³/mol. The summed E-state index contributed by atoms with van der Waals surface area (Å²) >= 11 is 0. The molecule has 0 aliphatic carbocycles. The van der Waals surface area contributed by atoms with Gasteiger partial charge in [0.1, 0.15) is 5.82 Å². The highest BCUT2D eigenvalue weighted by atomic mass is 19.1. The molecule has 3 rings (SSSR count). The Morgan fingerprint density at radius 3 is 2.70 bits per heavy atom. The van der Waals surface area contributed by atoms with Crippen molar-refractivity contribution in [3.05, 3.63) is 53.1 Å². The molecule has 1 fully saturated rings. The summed E-state index contributed by atoms with van der Waals surface area (Å²) in [7, 11) is 0. The topological polar surface area (TPSA) is 72.1 Å². The number of nitrogens with zero attached hydrogens (tertiary/aromatic N) is 3. The number of amides is 1. The highest BCUT2D eigenvalue weighted by Crippen LogP contribution is 2.36. The zero-order valence-corrected chi connectivity index (χ0v) is 12.6. The fourth-order valence-electron chi connectivity index (χ4n) is 2.80. The zero-order chi connectivity index (χ0) is 16.6. The summed E-state index contributed by atoms with van der Waals surface area (Å²) < 4.78 is 28.1. The molecular formula is C16H16F2N4O. The second kappa shape index (κ2) is 5.57. The average molecular weight is 318 g/mol. The van der Waals surface area contributed by atoms with Crippen molar-refractivity contribution in [2.24, 2.45) is 0 Å². The summed E-state index contributed by atoms with van der Waals surface area (Å²) in [6.45, 7) is 1.85. The van der Waals surface area contributed by atoms with E-state index in [0.717, 1.165) is 0 Å². The Hall–Kier alpha value is -2.57. The third-order valence-electron chi connectivity index (χ3n) is 4.10. The first-order valence-corrected chi connectivity index (χ1v) is 7.22. The standard InChI is InChI=1S/C16H16F2N4O/c1-10-13(8-20-15(19)21-10)14(23)22-7-6-16(18,9-22)11-2-4-12(17)5-3-11/h2-5,8H,6-7,9H2,1H3,(H2,19,20,21). The molecule has 0 saturated carbocycles. The number of aromatic nitrogens is 2. The van der Waals surface area contributed by atoms with Gasteiger partial charge in [0.05, 0.1) is 17.8 Å². The molecule has 0 bridgehead atoms. The van der Waals surface area contributed by atoms with Crippen LogP contribution in [0.5, 0.6) is 0 Å². The number of aryl methyl sites for hydroxylation is 1. The Morgan fingerprint density at radius 1 is 1.35 bits per heavy atom. The number of hydrogen-bond acceptors (Lipinski definition) is 4. The van der Waals surface area contributed by atoms with E-state index in [9.17, 15) is 9.18 Å². The van der Waals surface area contributed by atoms with Gasteiger partial charge in [0, 0.05) is 19.2 Å². The van der Waals surface area contributed by atoms with Gasteiger partial charge in [-0.1, -0.05) is 12.1 Å². The van der Waals surface area contributed by atoms with E-state index >= 15 is 4.39 Å². The van der Waals surface area contributed by atoms with Gasteiger partial charge in [-0.2, -0.15) is 0 Å². The van der Waals surface area contributed by atoms with Crippen LogP contribution in [0.25, 0.3) is 0 Å². The Bertz CT molecular complexity index is 750. The van der Waals surface area contributed by atoms with Crippen molar-refractivity contribution in [2.45, 2.75) is 19.0 Å². The number of anilines is 1. The smallest absolute Gasteiger partial charge is 0.257 e. The Balaban J connectivity index is 1.81. The molecule has 2 N–H and O–H groups in total. The molecule has 1 aromatic carbocycles. The summed E-state index contributed by atoms with van der Waals surface area (Å²) in [5.74, 6) is -0.659. The molecule has 23 heavy (non-hydrogen) atoms. The highest BCUT2D eigenvalue weighted by Gasteiger charge is 2.42. The van der Waals surface area contributed by atoms with Crippen molar-refractivity contribution >= 4 is 11.9 Å². The van der Waals surface area contributed by atoms with E-state index in [2.05, 4.69) is 9.97 Å². The lowest BCUT2D eigenvalue weighted by atomic mass is 9.95. The van der Waals surface area contributed by atoms with Crippen LogP contribution in [-0.2, 0) is 5.67 Å². The molecule has 1 amide bonds. The molecule has 1 atom stereocenters. The summed E-state index contributed by atoms with van der Waals surface area (Å²) in [5.41, 5.74) is 4.94. The first-order valence-electron chi connectivity index (χ1n) is 7.22. The number of rotatable bonds is 2. The molecule has 0 radical (unpaired) electrons. The molecule has 1 unspecified atom stereocenters. The van der Waals surface area contributed by atoms with E-state index < -0.39 is 11.5 Å². The number of halogens is 2. The lowest BCUT2D eigenvalue weighted by Gasteiger charge is -2.21. The van der Waals surface area contributed by atoms with Crippen LogP contribution in [-0.4, -0.2) is 33.9 Å². The number of nitrogens with two attached hydrogens (primary N) is 1. The normalized spacial score (nSPS) is 20.7. The minimum absolute atomic E-state index is 0.0821. The largest absolute Gasteiger partial charge is 0.368 e. The minimum Gasteiger partial charge on any atom is -0.368 e. The first kappa shape index (κ1) is 15.3. The summed E-state index contributed by atoms with van der Waals surface area (Å²) in [5, 5.41) is 0. The van der Waals surface area contributed by atoms with Gasteiger partial charge in [0.25, 0.3) is 5.91 Å². The molecule has 120 valence electrons.